The number of sulfone groups is 1. The Kier molecular flexibility index (Phi) is 3.56. The van der Waals surface area contributed by atoms with Crippen molar-refractivity contribution in [2.45, 2.75) is 25.2 Å². The highest BCUT2D eigenvalue weighted by molar-refractivity contribution is 7.91. The van der Waals surface area contributed by atoms with Crippen molar-refractivity contribution in [2.24, 2.45) is 5.73 Å². The Morgan fingerprint density at radius 2 is 2.25 bits per heavy atom. The Labute approximate surface area is 99.0 Å². The highest BCUT2D eigenvalue weighted by Gasteiger charge is 2.28. The maximum atomic E-state index is 11.5. The summed E-state index contributed by atoms with van der Waals surface area (Å²) in [4.78, 5) is 0. The first-order valence-electron chi connectivity index (χ1n) is 5.33. The third-order valence-electron chi connectivity index (χ3n) is 2.65. The van der Waals surface area contributed by atoms with Gasteiger partial charge in [-0.2, -0.15) is 0 Å². The van der Waals surface area contributed by atoms with E-state index >= 15 is 0 Å². The van der Waals surface area contributed by atoms with E-state index in [-0.39, 0.29) is 11.7 Å². The van der Waals surface area contributed by atoms with Crippen LogP contribution in [0, 0.1) is 0 Å². The maximum Gasteiger partial charge on any atom is 0.151 e. The summed E-state index contributed by atoms with van der Waals surface area (Å²) in [6, 6.07) is 0. The molecule has 16 heavy (non-hydrogen) atoms. The summed E-state index contributed by atoms with van der Waals surface area (Å²) in [5.41, 5.74) is 5.43. The van der Waals surface area contributed by atoms with E-state index < -0.39 is 9.84 Å². The largest absolute Gasteiger partial charge is 0.330 e. The zero-order valence-corrected chi connectivity index (χ0v) is 10.6. The zero-order valence-electron chi connectivity index (χ0n) is 8.92. The standard InChI is InChI=1S/C9H15N3O2S2/c10-4-3-8-11-12-9(15-8)7-2-1-5-16(13,14)6-7/h7H,1-6,10H2. The molecule has 2 rings (SSSR count). The molecule has 90 valence electrons. The molecule has 1 fully saturated rings. The number of aromatic nitrogens is 2. The molecule has 1 unspecified atom stereocenters. The average molecular weight is 261 g/mol. The van der Waals surface area contributed by atoms with Crippen LogP contribution in [0.1, 0.15) is 28.8 Å². The molecule has 0 aliphatic carbocycles. The minimum Gasteiger partial charge on any atom is -0.330 e. The lowest BCUT2D eigenvalue weighted by molar-refractivity contribution is 0.552. The van der Waals surface area contributed by atoms with E-state index in [1.54, 1.807) is 0 Å². The molecule has 0 bridgehead atoms. The molecular weight excluding hydrogens is 246 g/mol. The van der Waals surface area contributed by atoms with Crippen LogP contribution < -0.4 is 5.73 Å². The summed E-state index contributed by atoms with van der Waals surface area (Å²) in [5, 5.41) is 9.85. The number of hydrogen-bond acceptors (Lipinski definition) is 6. The van der Waals surface area contributed by atoms with Crippen molar-refractivity contribution in [3.63, 3.8) is 0 Å². The van der Waals surface area contributed by atoms with Gasteiger partial charge >= 0.3 is 0 Å². The van der Waals surface area contributed by atoms with Crippen LogP contribution in [-0.2, 0) is 16.3 Å². The van der Waals surface area contributed by atoms with Crippen molar-refractivity contribution in [3.8, 4) is 0 Å². The van der Waals surface area contributed by atoms with Crippen LogP contribution in [0.5, 0.6) is 0 Å². The Morgan fingerprint density at radius 3 is 2.94 bits per heavy atom. The van der Waals surface area contributed by atoms with Gasteiger partial charge in [-0.25, -0.2) is 8.42 Å². The Bertz CT molecular complexity index is 455. The van der Waals surface area contributed by atoms with E-state index in [4.69, 9.17) is 5.73 Å². The molecule has 0 aromatic carbocycles. The quantitative estimate of drug-likeness (QED) is 0.847. The normalized spacial score (nSPS) is 24.4. The molecule has 1 aromatic heterocycles. The number of rotatable bonds is 3. The molecule has 0 saturated carbocycles. The Morgan fingerprint density at radius 1 is 1.44 bits per heavy atom. The van der Waals surface area contributed by atoms with Crippen molar-refractivity contribution in [1.82, 2.24) is 10.2 Å². The summed E-state index contributed by atoms with van der Waals surface area (Å²) in [7, 11) is -2.87. The molecule has 2 heterocycles. The second kappa shape index (κ2) is 4.77. The van der Waals surface area contributed by atoms with Crippen LogP contribution in [0.25, 0.3) is 0 Å². The summed E-state index contributed by atoms with van der Waals surface area (Å²) < 4.78 is 23.0. The Balaban J connectivity index is 2.11. The summed E-state index contributed by atoms with van der Waals surface area (Å²) in [5.74, 6) is 0.588. The van der Waals surface area contributed by atoms with Crippen LogP contribution in [0.15, 0.2) is 0 Å². The lowest BCUT2D eigenvalue weighted by Crippen LogP contribution is -2.23. The molecular formula is C9H15N3O2S2. The topological polar surface area (TPSA) is 85.9 Å². The van der Waals surface area contributed by atoms with Gasteiger partial charge < -0.3 is 5.73 Å². The van der Waals surface area contributed by atoms with E-state index in [1.807, 2.05) is 0 Å². The minimum absolute atomic E-state index is 0.0442. The minimum atomic E-state index is -2.87. The molecule has 1 atom stereocenters. The van der Waals surface area contributed by atoms with Gasteiger partial charge in [0.1, 0.15) is 10.0 Å². The second-order valence-electron chi connectivity index (χ2n) is 4.03. The fourth-order valence-electron chi connectivity index (χ4n) is 1.87. The number of nitrogens with two attached hydrogens (primary N) is 1. The Hall–Kier alpha value is -0.530. The molecule has 5 nitrogen and oxygen atoms in total. The van der Waals surface area contributed by atoms with Crippen LogP contribution in [-0.4, -0.2) is 36.7 Å². The van der Waals surface area contributed by atoms with Gasteiger partial charge in [0.05, 0.1) is 11.5 Å². The molecule has 2 N–H and O–H groups in total. The van der Waals surface area contributed by atoms with Gasteiger partial charge in [0.2, 0.25) is 0 Å². The summed E-state index contributed by atoms with van der Waals surface area (Å²) >= 11 is 1.50. The van der Waals surface area contributed by atoms with Crippen molar-refractivity contribution < 1.29 is 8.42 Å². The zero-order chi connectivity index (χ0) is 11.6. The fourth-order valence-corrected chi connectivity index (χ4v) is 4.68. The first kappa shape index (κ1) is 11.9. The third kappa shape index (κ3) is 2.78. The first-order chi connectivity index (χ1) is 7.61. The van der Waals surface area contributed by atoms with Crippen LogP contribution in [0.2, 0.25) is 0 Å². The SMILES string of the molecule is NCCc1nnc(C2CCCS(=O)(=O)C2)s1. The molecule has 1 aliphatic rings. The van der Waals surface area contributed by atoms with Gasteiger partial charge in [0, 0.05) is 12.3 Å². The molecule has 7 heteroatoms. The van der Waals surface area contributed by atoms with Crippen molar-refractivity contribution in [2.75, 3.05) is 18.1 Å². The van der Waals surface area contributed by atoms with Gasteiger partial charge in [-0.3, -0.25) is 0 Å². The van der Waals surface area contributed by atoms with Crippen LogP contribution in [0.4, 0.5) is 0 Å². The predicted molar refractivity (Wildman–Crippen MR) is 63.3 cm³/mol. The van der Waals surface area contributed by atoms with E-state index in [2.05, 4.69) is 10.2 Å². The van der Waals surface area contributed by atoms with E-state index in [0.29, 0.717) is 12.3 Å². The van der Waals surface area contributed by atoms with Crippen molar-refractivity contribution >= 4 is 21.2 Å². The average Bonchev–Trinajstić information content (AvgIpc) is 2.65. The van der Waals surface area contributed by atoms with E-state index in [9.17, 15) is 8.42 Å². The lowest BCUT2D eigenvalue weighted by Gasteiger charge is -2.18. The van der Waals surface area contributed by atoms with Gasteiger partial charge in [-0.15, -0.1) is 21.5 Å². The first-order valence-corrected chi connectivity index (χ1v) is 7.97. The van der Waals surface area contributed by atoms with Crippen LogP contribution >= 0.6 is 11.3 Å². The predicted octanol–water partition coefficient (Wildman–Crippen LogP) is 0.331. The number of hydrogen-bond donors (Lipinski definition) is 1. The third-order valence-corrected chi connectivity index (χ3v) is 5.62. The van der Waals surface area contributed by atoms with Gasteiger partial charge in [-0.1, -0.05) is 0 Å². The van der Waals surface area contributed by atoms with Gasteiger partial charge in [-0.05, 0) is 19.4 Å². The van der Waals surface area contributed by atoms with E-state index in [1.165, 1.54) is 11.3 Å². The fraction of sp³-hybridized carbons (Fsp3) is 0.778. The number of nitrogens with zero attached hydrogens (tertiary/aromatic N) is 2. The molecule has 0 amide bonds. The highest BCUT2D eigenvalue weighted by atomic mass is 32.2. The molecule has 1 aromatic rings. The summed E-state index contributed by atoms with van der Waals surface area (Å²) in [6.45, 7) is 0.553. The van der Waals surface area contributed by atoms with Crippen molar-refractivity contribution in [3.05, 3.63) is 10.0 Å². The van der Waals surface area contributed by atoms with E-state index in [0.717, 1.165) is 29.3 Å². The molecule has 0 spiro atoms. The highest BCUT2D eigenvalue weighted by Crippen LogP contribution is 2.30. The molecule has 0 radical (unpaired) electrons. The van der Waals surface area contributed by atoms with Gasteiger partial charge in [0.15, 0.2) is 9.84 Å². The molecule has 1 aliphatic heterocycles. The molecule has 1 saturated heterocycles. The van der Waals surface area contributed by atoms with Gasteiger partial charge in [0.25, 0.3) is 0 Å². The van der Waals surface area contributed by atoms with Crippen molar-refractivity contribution in [1.29, 1.82) is 0 Å². The lowest BCUT2D eigenvalue weighted by atomic mass is 10.1. The smallest absolute Gasteiger partial charge is 0.151 e. The maximum absolute atomic E-state index is 11.5. The summed E-state index contributed by atoms with van der Waals surface area (Å²) in [6.07, 6.45) is 2.35. The van der Waals surface area contributed by atoms with Crippen LogP contribution in [0.3, 0.4) is 0 Å². The monoisotopic (exact) mass is 261 g/mol. The second-order valence-corrected chi connectivity index (χ2v) is 7.35.